The van der Waals surface area contributed by atoms with E-state index in [0.29, 0.717) is 0 Å². The van der Waals surface area contributed by atoms with Crippen LogP contribution < -0.4 is 5.32 Å². The van der Waals surface area contributed by atoms with Gasteiger partial charge in [0.05, 0.1) is 0 Å². The number of nitrogens with one attached hydrogen (secondary N) is 1. The second kappa shape index (κ2) is 5.98. The maximum atomic E-state index is 3.69. The van der Waals surface area contributed by atoms with Gasteiger partial charge in [0.2, 0.25) is 0 Å². The van der Waals surface area contributed by atoms with Crippen LogP contribution in [-0.4, -0.2) is 36.1 Å². The quantitative estimate of drug-likeness (QED) is 0.873. The van der Waals surface area contributed by atoms with Crippen molar-refractivity contribution in [2.45, 2.75) is 26.3 Å². The third-order valence-corrected chi connectivity index (χ3v) is 4.20. The summed E-state index contributed by atoms with van der Waals surface area (Å²) in [5, 5.41) is 5.03. The summed E-state index contributed by atoms with van der Waals surface area (Å²) in [6.45, 7) is 9.89. The second-order valence-corrected chi connectivity index (χ2v) is 6.11. The Morgan fingerprint density at radius 3 is 2.70 bits per heavy atom. The molecule has 20 heavy (non-hydrogen) atoms. The molecule has 0 saturated carbocycles. The molecule has 0 aliphatic heterocycles. The molecule has 0 bridgehead atoms. The van der Waals surface area contributed by atoms with E-state index in [-0.39, 0.29) is 5.54 Å². The molecule has 1 N–H and O–H groups in total. The minimum absolute atomic E-state index is 0.0184. The minimum atomic E-state index is -0.0184. The topological polar surface area (TPSA) is 20.2 Å². The van der Waals surface area contributed by atoms with Gasteiger partial charge in [-0.2, -0.15) is 0 Å². The van der Waals surface area contributed by atoms with Gasteiger partial charge in [0.1, 0.15) is 0 Å². The van der Waals surface area contributed by atoms with Crippen LogP contribution in [0.25, 0.3) is 10.9 Å². The summed E-state index contributed by atoms with van der Waals surface area (Å²) in [7, 11) is 4.26. The molecule has 0 saturated heterocycles. The number of hydrogen-bond donors (Lipinski definition) is 1. The number of hydrogen-bond acceptors (Lipinski definition) is 2. The molecule has 1 heterocycles. The van der Waals surface area contributed by atoms with Crippen molar-refractivity contribution in [1.82, 2.24) is 14.8 Å². The van der Waals surface area contributed by atoms with Gasteiger partial charge in [-0.05, 0) is 45.1 Å². The van der Waals surface area contributed by atoms with E-state index in [2.05, 4.69) is 80.1 Å². The number of likely N-dealkylation sites (N-methyl/N-ethyl adjacent to an activating group) is 1. The first-order chi connectivity index (χ1) is 9.45. The molecule has 3 nitrogen and oxygen atoms in total. The molecule has 2 rings (SSSR count). The maximum Gasteiger partial charge on any atom is 0.0481 e. The van der Waals surface area contributed by atoms with Crippen molar-refractivity contribution in [3.05, 3.63) is 36.0 Å². The molecule has 0 amide bonds. The van der Waals surface area contributed by atoms with Crippen LogP contribution in [0.4, 0.5) is 0 Å². The first-order valence-electron chi connectivity index (χ1n) is 7.44. The highest BCUT2D eigenvalue weighted by Gasteiger charge is 2.22. The Balaban J connectivity index is 2.19. The van der Waals surface area contributed by atoms with Gasteiger partial charge in [-0.1, -0.05) is 19.1 Å². The lowest BCUT2D eigenvalue weighted by molar-refractivity contribution is 0.316. The average Bonchev–Trinajstić information content (AvgIpc) is 2.80. The van der Waals surface area contributed by atoms with E-state index in [4.69, 9.17) is 0 Å². The lowest BCUT2D eigenvalue weighted by atomic mass is 9.91. The molecule has 0 aliphatic rings. The predicted octanol–water partition coefficient (Wildman–Crippen LogP) is 2.95. The largest absolute Gasteiger partial charge is 0.351 e. The van der Waals surface area contributed by atoms with Gasteiger partial charge >= 0.3 is 0 Å². The smallest absolute Gasteiger partial charge is 0.0481 e. The molecule has 0 fully saturated rings. The second-order valence-electron chi connectivity index (χ2n) is 6.11. The first-order valence-corrected chi connectivity index (χ1v) is 7.44. The number of benzene rings is 1. The van der Waals surface area contributed by atoms with E-state index < -0.39 is 0 Å². The van der Waals surface area contributed by atoms with E-state index in [1.807, 2.05) is 0 Å². The lowest BCUT2D eigenvalue weighted by Crippen LogP contribution is -2.41. The summed E-state index contributed by atoms with van der Waals surface area (Å²) >= 11 is 0. The van der Waals surface area contributed by atoms with Crippen LogP contribution in [0, 0.1) is 0 Å². The highest BCUT2D eigenvalue weighted by Crippen LogP contribution is 2.28. The van der Waals surface area contributed by atoms with Crippen LogP contribution in [-0.2, 0) is 12.6 Å². The molecule has 0 radical (unpaired) electrons. The van der Waals surface area contributed by atoms with E-state index in [1.54, 1.807) is 0 Å². The zero-order valence-corrected chi connectivity index (χ0v) is 13.4. The van der Waals surface area contributed by atoms with Crippen molar-refractivity contribution in [3.63, 3.8) is 0 Å². The third kappa shape index (κ3) is 3.05. The number of aryl methyl sites for hydroxylation is 1. The number of rotatable bonds is 6. The maximum absolute atomic E-state index is 3.69. The molecule has 1 aromatic carbocycles. The van der Waals surface area contributed by atoms with E-state index >= 15 is 0 Å². The average molecular weight is 273 g/mol. The fourth-order valence-electron chi connectivity index (χ4n) is 2.66. The zero-order valence-electron chi connectivity index (χ0n) is 13.4. The van der Waals surface area contributed by atoms with Gasteiger partial charge in [0.15, 0.2) is 0 Å². The zero-order chi connectivity index (χ0) is 14.8. The van der Waals surface area contributed by atoms with Crippen LogP contribution in [0.2, 0.25) is 0 Å². The highest BCUT2D eigenvalue weighted by molar-refractivity contribution is 5.84. The van der Waals surface area contributed by atoms with Crippen LogP contribution in [0.5, 0.6) is 0 Å². The lowest BCUT2D eigenvalue weighted by Gasteiger charge is -2.29. The molecular weight excluding hydrogens is 246 g/mol. The predicted molar refractivity (Wildman–Crippen MR) is 87.1 cm³/mol. The molecule has 0 unspecified atom stereocenters. The van der Waals surface area contributed by atoms with E-state index in [0.717, 1.165) is 19.6 Å². The number of aromatic nitrogens is 1. The standard InChI is InChI=1S/C17H27N3/c1-6-19(4)13-11-18-17(2,3)15-8-7-9-16-14(15)10-12-20(16)5/h7-10,12,18H,6,11,13H2,1-5H3. The molecule has 3 heteroatoms. The Labute approximate surface area is 122 Å². The highest BCUT2D eigenvalue weighted by atomic mass is 15.1. The van der Waals surface area contributed by atoms with E-state index in [1.165, 1.54) is 16.5 Å². The molecule has 1 aromatic heterocycles. The SMILES string of the molecule is CCN(C)CCNC(C)(C)c1cccc2c1ccn2C. The minimum Gasteiger partial charge on any atom is -0.351 e. The summed E-state index contributed by atoms with van der Waals surface area (Å²) in [5.74, 6) is 0. The van der Waals surface area contributed by atoms with Crippen molar-refractivity contribution in [1.29, 1.82) is 0 Å². The summed E-state index contributed by atoms with van der Waals surface area (Å²) < 4.78 is 2.18. The Hall–Kier alpha value is -1.32. The number of nitrogens with zero attached hydrogens (tertiary/aromatic N) is 2. The van der Waals surface area contributed by atoms with Crippen LogP contribution in [0.3, 0.4) is 0 Å². The Morgan fingerprint density at radius 2 is 2.00 bits per heavy atom. The van der Waals surface area contributed by atoms with E-state index in [9.17, 15) is 0 Å². The molecular formula is C17H27N3. The van der Waals surface area contributed by atoms with Crippen molar-refractivity contribution in [3.8, 4) is 0 Å². The van der Waals surface area contributed by atoms with Crippen molar-refractivity contribution in [2.75, 3.05) is 26.7 Å². The van der Waals surface area contributed by atoms with Gasteiger partial charge in [-0.15, -0.1) is 0 Å². The van der Waals surface area contributed by atoms with Crippen LogP contribution in [0.15, 0.2) is 30.5 Å². The Morgan fingerprint density at radius 1 is 1.25 bits per heavy atom. The molecule has 0 atom stereocenters. The summed E-state index contributed by atoms with van der Waals surface area (Å²) in [6.07, 6.45) is 2.13. The van der Waals surface area contributed by atoms with Gasteiger partial charge in [-0.3, -0.25) is 0 Å². The van der Waals surface area contributed by atoms with Crippen molar-refractivity contribution >= 4 is 10.9 Å². The first kappa shape index (κ1) is 15.1. The summed E-state index contributed by atoms with van der Waals surface area (Å²) in [5.41, 5.74) is 2.65. The fraction of sp³-hybridized carbons (Fsp3) is 0.529. The normalized spacial score (nSPS) is 12.5. The van der Waals surface area contributed by atoms with Gasteiger partial charge in [-0.25, -0.2) is 0 Å². The Kier molecular flexibility index (Phi) is 4.51. The molecule has 0 aliphatic carbocycles. The molecule has 110 valence electrons. The summed E-state index contributed by atoms with van der Waals surface area (Å²) in [4.78, 5) is 2.33. The third-order valence-electron chi connectivity index (χ3n) is 4.20. The fourth-order valence-corrected chi connectivity index (χ4v) is 2.66. The van der Waals surface area contributed by atoms with Gasteiger partial charge in [0.25, 0.3) is 0 Å². The van der Waals surface area contributed by atoms with Crippen molar-refractivity contribution < 1.29 is 0 Å². The Bertz CT molecular complexity index is 569. The van der Waals surface area contributed by atoms with Gasteiger partial charge < -0.3 is 14.8 Å². The molecule has 0 spiro atoms. The van der Waals surface area contributed by atoms with Gasteiger partial charge in [0, 0.05) is 42.8 Å². The number of fused-ring (bicyclic) bond motifs is 1. The van der Waals surface area contributed by atoms with Crippen LogP contribution in [0.1, 0.15) is 26.3 Å². The van der Waals surface area contributed by atoms with Crippen molar-refractivity contribution in [2.24, 2.45) is 7.05 Å². The summed E-state index contributed by atoms with van der Waals surface area (Å²) in [6, 6.07) is 8.78. The monoisotopic (exact) mass is 273 g/mol. The molecule has 2 aromatic rings. The van der Waals surface area contributed by atoms with Crippen LogP contribution >= 0.6 is 0 Å².